The number of hydrogen-bond acceptors (Lipinski definition) is 4. The number of ether oxygens (including phenoxy) is 1. The first-order valence-corrected chi connectivity index (χ1v) is 7.91. The van der Waals surface area contributed by atoms with Crippen molar-refractivity contribution in [1.82, 2.24) is 4.73 Å². The van der Waals surface area contributed by atoms with Gasteiger partial charge in [0.2, 0.25) is 0 Å². The number of rotatable bonds is 3. The summed E-state index contributed by atoms with van der Waals surface area (Å²) >= 11 is 0. The lowest BCUT2D eigenvalue weighted by Crippen LogP contribution is -2.11. The number of hydrogen-bond donors (Lipinski definition) is 1. The van der Waals surface area contributed by atoms with Gasteiger partial charge in [-0.3, -0.25) is 4.79 Å². The van der Waals surface area contributed by atoms with Gasteiger partial charge in [-0.2, -0.15) is 17.9 Å². The van der Waals surface area contributed by atoms with Gasteiger partial charge < -0.3 is 9.94 Å². The maximum atomic E-state index is 12.9. The van der Waals surface area contributed by atoms with Crippen LogP contribution in [0.4, 0.5) is 18.9 Å². The summed E-state index contributed by atoms with van der Waals surface area (Å²) in [4.78, 5) is 16.0. The van der Waals surface area contributed by atoms with Crippen LogP contribution in [0, 0.1) is 0 Å². The smallest absolute Gasteiger partial charge is 0.416 e. The fraction of sp³-hybridized carbons (Fsp3) is 0.158. The molecular formula is C19H15F3N2O3. The zero-order valence-electron chi connectivity index (χ0n) is 14.2. The van der Waals surface area contributed by atoms with Crippen molar-refractivity contribution in [3.8, 4) is 0 Å². The number of halogens is 3. The Morgan fingerprint density at radius 2 is 1.93 bits per heavy atom. The molecule has 0 unspecified atom stereocenters. The van der Waals surface area contributed by atoms with Crippen molar-refractivity contribution >= 4 is 22.6 Å². The van der Waals surface area contributed by atoms with Crippen molar-refractivity contribution in [3.05, 3.63) is 71.2 Å². The number of nitrogens with zero attached hydrogens (tertiary/aromatic N) is 2. The number of methoxy groups -OCH3 is 1. The Bertz CT molecular complexity index is 1070. The average Bonchev–Trinajstić information content (AvgIpc) is 2.64. The molecule has 1 heterocycles. The molecule has 0 radical (unpaired) electrons. The van der Waals surface area contributed by atoms with Crippen molar-refractivity contribution in [1.29, 1.82) is 0 Å². The molecule has 27 heavy (non-hydrogen) atoms. The lowest BCUT2D eigenvalue weighted by atomic mass is 10.1. The molecular weight excluding hydrogens is 361 g/mol. The van der Waals surface area contributed by atoms with Gasteiger partial charge in [-0.25, -0.2) is 4.99 Å². The predicted molar refractivity (Wildman–Crippen MR) is 91.5 cm³/mol. The Balaban J connectivity index is 2.18. The van der Waals surface area contributed by atoms with Gasteiger partial charge in [0.1, 0.15) is 0 Å². The Kier molecular flexibility index (Phi) is 4.89. The number of esters is 1. The first-order valence-electron chi connectivity index (χ1n) is 7.91. The van der Waals surface area contributed by atoms with E-state index in [1.54, 1.807) is 24.3 Å². The number of para-hydroxylation sites is 1. The van der Waals surface area contributed by atoms with Crippen LogP contribution < -0.4 is 5.36 Å². The van der Waals surface area contributed by atoms with E-state index in [9.17, 15) is 23.2 Å². The third kappa shape index (κ3) is 3.94. The van der Waals surface area contributed by atoms with E-state index in [4.69, 9.17) is 0 Å². The summed E-state index contributed by atoms with van der Waals surface area (Å²) in [5.74, 6) is -0.432. The van der Waals surface area contributed by atoms with Crippen LogP contribution in [0.5, 0.6) is 0 Å². The molecule has 1 N–H and O–H groups in total. The molecule has 3 aromatic rings. The summed E-state index contributed by atoms with van der Waals surface area (Å²) in [6, 6.07) is 11.4. The van der Waals surface area contributed by atoms with Crippen LogP contribution in [-0.4, -0.2) is 23.0 Å². The monoisotopic (exact) mass is 376 g/mol. The molecule has 140 valence electrons. The first kappa shape index (κ1) is 18.5. The van der Waals surface area contributed by atoms with E-state index in [0.717, 1.165) is 12.1 Å². The van der Waals surface area contributed by atoms with Gasteiger partial charge >= 0.3 is 12.1 Å². The Labute approximate surface area is 151 Å². The molecule has 0 aliphatic rings. The zero-order chi connectivity index (χ0) is 19.6. The summed E-state index contributed by atoms with van der Waals surface area (Å²) in [7, 11) is 1.28. The molecule has 0 aliphatic heterocycles. The number of fused-ring (bicyclic) bond motifs is 1. The van der Waals surface area contributed by atoms with Crippen LogP contribution in [0.15, 0.2) is 59.7 Å². The third-order valence-electron chi connectivity index (χ3n) is 4.02. The molecule has 0 fully saturated rings. The molecule has 8 heteroatoms. The summed E-state index contributed by atoms with van der Waals surface area (Å²) in [6.07, 6.45) is -3.30. The molecule has 2 aromatic carbocycles. The minimum Gasteiger partial charge on any atom is -0.469 e. The summed E-state index contributed by atoms with van der Waals surface area (Å²) < 4.78 is 44.1. The Morgan fingerprint density at radius 1 is 1.19 bits per heavy atom. The Morgan fingerprint density at radius 3 is 2.63 bits per heavy atom. The summed E-state index contributed by atoms with van der Waals surface area (Å²) in [5.41, 5.74) is 0.197. The van der Waals surface area contributed by atoms with E-state index in [2.05, 4.69) is 9.73 Å². The van der Waals surface area contributed by atoms with Gasteiger partial charge in [-0.05, 0) is 35.9 Å². The van der Waals surface area contributed by atoms with Crippen LogP contribution in [0.25, 0.3) is 10.9 Å². The average molecular weight is 376 g/mol. The number of carbonyl (C=O) groups excluding carboxylic acids is 1. The minimum atomic E-state index is -4.53. The molecule has 0 atom stereocenters. The maximum absolute atomic E-state index is 12.9. The van der Waals surface area contributed by atoms with Gasteiger partial charge in [0.15, 0.2) is 0 Å². The topological polar surface area (TPSA) is 63.8 Å². The zero-order valence-corrected chi connectivity index (χ0v) is 14.2. The second-order valence-corrected chi connectivity index (χ2v) is 5.77. The molecule has 5 nitrogen and oxygen atoms in total. The lowest BCUT2D eigenvalue weighted by molar-refractivity contribution is -0.140. The van der Waals surface area contributed by atoms with E-state index in [1.807, 2.05) is 0 Å². The molecule has 0 bridgehead atoms. The highest BCUT2D eigenvalue weighted by atomic mass is 19.4. The third-order valence-corrected chi connectivity index (χ3v) is 4.02. The fourth-order valence-electron chi connectivity index (χ4n) is 2.65. The summed E-state index contributed by atoms with van der Waals surface area (Å²) in [6.45, 7) is 0. The van der Waals surface area contributed by atoms with E-state index >= 15 is 0 Å². The number of pyridine rings is 1. The lowest BCUT2D eigenvalue weighted by Gasteiger charge is -2.10. The normalized spacial score (nSPS) is 12.4. The quantitative estimate of drug-likeness (QED) is 0.558. The molecule has 0 aliphatic carbocycles. The number of alkyl halides is 3. The summed E-state index contributed by atoms with van der Waals surface area (Å²) in [5, 5.41) is 10.6. The van der Waals surface area contributed by atoms with Gasteiger partial charge in [0.25, 0.3) is 0 Å². The van der Waals surface area contributed by atoms with Crippen molar-refractivity contribution in [2.45, 2.75) is 12.6 Å². The number of carbonyl (C=O) groups is 1. The van der Waals surface area contributed by atoms with Crippen molar-refractivity contribution in [2.24, 2.45) is 4.99 Å². The minimum absolute atomic E-state index is 0.0131. The van der Waals surface area contributed by atoms with E-state index < -0.39 is 17.7 Å². The Hall–Kier alpha value is -3.29. The van der Waals surface area contributed by atoms with E-state index in [-0.39, 0.29) is 11.9 Å². The van der Waals surface area contributed by atoms with Gasteiger partial charge in [-0.1, -0.05) is 18.2 Å². The van der Waals surface area contributed by atoms with Crippen LogP contribution in [0.1, 0.15) is 11.1 Å². The molecule has 3 rings (SSSR count). The molecule has 0 saturated carbocycles. The van der Waals surface area contributed by atoms with Crippen molar-refractivity contribution < 1.29 is 27.9 Å². The predicted octanol–water partition coefficient (Wildman–Crippen LogP) is 3.85. The van der Waals surface area contributed by atoms with Crippen molar-refractivity contribution in [2.75, 3.05) is 7.11 Å². The highest BCUT2D eigenvalue weighted by Crippen LogP contribution is 2.30. The fourth-order valence-corrected chi connectivity index (χ4v) is 2.65. The van der Waals surface area contributed by atoms with E-state index in [1.165, 1.54) is 25.4 Å². The van der Waals surface area contributed by atoms with Crippen LogP contribution in [0.2, 0.25) is 0 Å². The molecule has 0 saturated heterocycles. The second-order valence-electron chi connectivity index (χ2n) is 5.77. The highest BCUT2D eigenvalue weighted by Gasteiger charge is 2.30. The second kappa shape index (κ2) is 7.14. The van der Waals surface area contributed by atoms with Gasteiger partial charge in [0.05, 0.1) is 35.7 Å². The van der Waals surface area contributed by atoms with Gasteiger partial charge in [0, 0.05) is 11.6 Å². The number of benzene rings is 2. The van der Waals surface area contributed by atoms with Crippen LogP contribution >= 0.6 is 0 Å². The molecule has 0 spiro atoms. The standard InChI is InChI=1S/C19H15F3N2O3/c1-27-18(25)10-12-4-2-3-5-15(12)23-16-8-9-24(26)17-11-13(19(20,21)22)6-7-14(16)17/h2-9,11,26H,10H2,1H3. The SMILES string of the molecule is COC(=O)Cc1ccccc1N=c1ccn(O)c2cc(C(F)(F)F)ccc12. The highest BCUT2D eigenvalue weighted by molar-refractivity contribution is 5.80. The number of aromatic nitrogens is 1. The van der Waals surface area contributed by atoms with Crippen molar-refractivity contribution in [3.63, 3.8) is 0 Å². The van der Waals surface area contributed by atoms with Crippen LogP contribution in [0.3, 0.4) is 0 Å². The van der Waals surface area contributed by atoms with Crippen LogP contribution in [-0.2, 0) is 22.1 Å². The largest absolute Gasteiger partial charge is 0.469 e. The van der Waals surface area contributed by atoms with E-state index in [0.29, 0.717) is 26.7 Å². The maximum Gasteiger partial charge on any atom is 0.416 e. The molecule has 0 amide bonds. The first-order chi connectivity index (χ1) is 12.8. The molecule has 1 aromatic heterocycles. The van der Waals surface area contributed by atoms with Gasteiger partial charge in [-0.15, -0.1) is 0 Å².